The summed E-state index contributed by atoms with van der Waals surface area (Å²) >= 11 is 0. The van der Waals surface area contributed by atoms with Crippen LogP contribution in [0.3, 0.4) is 0 Å². The first-order valence-corrected chi connectivity index (χ1v) is 7.94. The summed E-state index contributed by atoms with van der Waals surface area (Å²) in [5.74, 6) is 1.24. The molecular weight excluding hydrogens is 262 g/mol. The third-order valence-electron chi connectivity index (χ3n) is 4.48. The molecule has 1 aromatic carbocycles. The number of aromatic nitrogens is 2. The lowest BCUT2D eigenvalue weighted by Gasteiger charge is -2.23. The van der Waals surface area contributed by atoms with Crippen molar-refractivity contribution in [2.45, 2.75) is 57.4 Å². The van der Waals surface area contributed by atoms with Crippen molar-refractivity contribution in [2.24, 2.45) is 5.73 Å². The van der Waals surface area contributed by atoms with Gasteiger partial charge in [0.15, 0.2) is 5.82 Å². The van der Waals surface area contributed by atoms with Crippen molar-refractivity contribution in [1.82, 2.24) is 10.1 Å². The second-order valence-electron chi connectivity index (χ2n) is 6.04. The number of benzene rings is 1. The minimum Gasteiger partial charge on any atom is -0.334 e. The van der Waals surface area contributed by atoms with E-state index < -0.39 is 5.54 Å². The van der Waals surface area contributed by atoms with Gasteiger partial charge in [0, 0.05) is 5.56 Å². The Hall–Kier alpha value is -1.68. The van der Waals surface area contributed by atoms with Crippen LogP contribution in [0.4, 0.5) is 0 Å². The Balaban J connectivity index is 1.84. The summed E-state index contributed by atoms with van der Waals surface area (Å²) in [6.07, 6.45) is 7.71. The fourth-order valence-corrected chi connectivity index (χ4v) is 3.01. The van der Waals surface area contributed by atoms with Crippen molar-refractivity contribution in [2.75, 3.05) is 0 Å². The first-order chi connectivity index (χ1) is 10.2. The summed E-state index contributed by atoms with van der Waals surface area (Å²) in [6.45, 7) is 2.14. The molecule has 0 radical (unpaired) electrons. The molecular formula is C17H23N3O. The van der Waals surface area contributed by atoms with Crippen LogP contribution in [0.15, 0.2) is 28.8 Å². The lowest BCUT2D eigenvalue weighted by molar-refractivity contribution is 0.334. The third kappa shape index (κ3) is 3.00. The number of rotatable bonds is 3. The average molecular weight is 285 g/mol. The van der Waals surface area contributed by atoms with Crippen LogP contribution in [0.1, 0.15) is 56.8 Å². The van der Waals surface area contributed by atoms with Crippen molar-refractivity contribution in [1.29, 1.82) is 0 Å². The van der Waals surface area contributed by atoms with Crippen LogP contribution >= 0.6 is 0 Å². The van der Waals surface area contributed by atoms with Crippen molar-refractivity contribution < 1.29 is 4.52 Å². The quantitative estimate of drug-likeness (QED) is 0.871. The maximum Gasteiger partial charge on any atom is 0.257 e. The molecule has 0 amide bonds. The van der Waals surface area contributed by atoms with E-state index in [1.54, 1.807) is 0 Å². The van der Waals surface area contributed by atoms with Gasteiger partial charge in [-0.2, -0.15) is 4.98 Å². The summed E-state index contributed by atoms with van der Waals surface area (Å²) in [5, 5.41) is 4.16. The molecule has 0 atom stereocenters. The van der Waals surface area contributed by atoms with Gasteiger partial charge in [0.05, 0.1) is 5.54 Å². The smallest absolute Gasteiger partial charge is 0.257 e. The second-order valence-corrected chi connectivity index (χ2v) is 6.04. The largest absolute Gasteiger partial charge is 0.334 e. The van der Waals surface area contributed by atoms with E-state index in [-0.39, 0.29) is 0 Å². The molecule has 3 rings (SSSR count). The predicted octanol–water partition coefficient (Wildman–Crippen LogP) is 3.81. The highest BCUT2D eigenvalue weighted by Crippen LogP contribution is 2.33. The molecule has 4 nitrogen and oxygen atoms in total. The topological polar surface area (TPSA) is 64.9 Å². The second kappa shape index (κ2) is 5.98. The molecule has 112 valence electrons. The summed E-state index contributed by atoms with van der Waals surface area (Å²) in [6, 6.07) is 8.27. The molecule has 0 unspecified atom stereocenters. The van der Waals surface area contributed by atoms with Gasteiger partial charge in [0.25, 0.3) is 5.89 Å². The zero-order valence-corrected chi connectivity index (χ0v) is 12.6. The Kier molecular flexibility index (Phi) is 4.06. The molecule has 2 N–H and O–H groups in total. The van der Waals surface area contributed by atoms with Gasteiger partial charge in [-0.15, -0.1) is 0 Å². The third-order valence-corrected chi connectivity index (χ3v) is 4.48. The van der Waals surface area contributed by atoms with Gasteiger partial charge in [-0.05, 0) is 37.0 Å². The molecule has 1 aliphatic carbocycles. The van der Waals surface area contributed by atoms with Crippen molar-refractivity contribution in [3.05, 3.63) is 35.7 Å². The van der Waals surface area contributed by atoms with Crippen molar-refractivity contribution in [3.8, 4) is 11.5 Å². The predicted molar refractivity (Wildman–Crippen MR) is 82.7 cm³/mol. The van der Waals surface area contributed by atoms with E-state index in [1.807, 2.05) is 12.1 Å². The van der Waals surface area contributed by atoms with Gasteiger partial charge in [0.1, 0.15) is 0 Å². The highest BCUT2D eigenvalue weighted by Gasteiger charge is 2.33. The van der Waals surface area contributed by atoms with E-state index in [1.165, 1.54) is 18.4 Å². The highest BCUT2D eigenvalue weighted by atomic mass is 16.5. The number of hydrogen-bond donors (Lipinski definition) is 1. The average Bonchev–Trinajstić information content (AvgIpc) is 2.92. The first kappa shape index (κ1) is 14.3. The summed E-state index contributed by atoms with van der Waals surface area (Å²) < 4.78 is 5.44. The molecule has 0 spiro atoms. The zero-order valence-electron chi connectivity index (χ0n) is 12.6. The van der Waals surface area contributed by atoms with Crippen LogP contribution in [0.2, 0.25) is 0 Å². The molecule has 1 aromatic heterocycles. The van der Waals surface area contributed by atoms with Gasteiger partial charge in [-0.3, -0.25) is 0 Å². The number of nitrogens with zero attached hydrogens (tertiary/aromatic N) is 2. The monoisotopic (exact) mass is 285 g/mol. The van der Waals surface area contributed by atoms with E-state index in [4.69, 9.17) is 10.3 Å². The summed E-state index contributed by atoms with van der Waals surface area (Å²) in [5.41, 5.74) is 8.38. The van der Waals surface area contributed by atoms with Crippen LogP contribution in [0, 0.1) is 0 Å². The van der Waals surface area contributed by atoms with Crippen LogP contribution in [-0.2, 0) is 12.0 Å². The van der Waals surface area contributed by atoms with E-state index in [0.29, 0.717) is 11.7 Å². The van der Waals surface area contributed by atoms with Crippen LogP contribution in [-0.4, -0.2) is 10.1 Å². The van der Waals surface area contributed by atoms with Gasteiger partial charge < -0.3 is 10.3 Å². The minimum absolute atomic E-state index is 0.415. The van der Waals surface area contributed by atoms with Gasteiger partial charge in [-0.1, -0.05) is 49.9 Å². The highest BCUT2D eigenvalue weighted by molar-refractivity contribution is 5.53. The fraction of sp³-hybridized carbons (Fsp3) is 0.529. The summed E-state index contributed by atoms with van der Waals surface area (Å²) in [7, 11) is 0. The molecule has 2 aromatic rings. The Morgan fingerprint density at radius 3 is 2.38 bits per heavy atom. The van der Waals surface area contributed by atoms with Crippen molar-refractivity contribution >= 4 is 0 Å². The molecule has 4 heteroatoms. The van der Waals surface area contributed by atoms with Gasteiger partial charge in [-0.25, -0.2) is 0 Å². The maximum atomic E-state index is 6.53. The Morgan fingerprint density at radius 1 is 1.10 bits per heavy atom. The number of aryl methyl sites for hydroxylation is 1. The van der Waals surface area contributed by atoms with Gasteiger partial charge in [0.2, 0.25) is 0 Å². The Labute approximate surface area is 125 Å². The lowest BCUT2D eigenvalue weighted by atomic mass is 9.91. The zero-order chi connectivity index (χ0) is 14.7. The van der Waals surface area contributed by atoms with Crippen LogP contribution in [0.5, 0.6) is 0 Å². The van der Waals surface area contributed by atoms with Crippen LogP contribution < -0.4 is 5.73 Å². The Bertz CT molecular complexity index is 580. The van der Waals surface area contributed by atoms with Gasteiger partial charge >= 0.3 is 0 Å². The first-order valence-electron chi connectivity index (χ1n) is 7.94. The molecule has 0 bridgehead atoms. The molecule has 0 saturated heterocycles. The van der Waals surface area contributed by atoms with E-state index >= 15 is 0 Å². The molecule has 1 aliphatic rings. The number of nitrogens with two attached hydrogens (primary N) is 1. The Morgan fingerprint density at radius 2 is 1.76 bits per heavy atom. The standard InChI is InChI=1S/C17H23N3O/c1-2-13-7-9-14(10-8-13)15-19-16(20-21-15)17(18)11-5-3-4-6-12-17/h7-10H,2-6,11-12,18H2,1H3. The van der Waals surface area contributed by atoms with E-state index in [9.17, 15) is 0 Å². The van der Waals surface area contributed by atoms with Crippen LogP contribution in [0.25, 0.3) is 11.5 Å². The SMILES string of the molecule is CCc1ccc(-c2nc(C3(N)CCCCCC3)no2)cc1. The molecule has 1 saturated carbocycles. The molecule has 0 aliphatic heterocycles. The molecule has 1 fully saturated rings. The molecule has 21 heavy (non-hydrogen) atoms. The van der Waals surface area contributed by atoms with E-state index in [2.05, 4.69) is 29.2 Å². The van der Waals surface area contributed by atoms with E-state index in [0.717, 1.165) is 37.7 Å². The maximum absolute atomic E-state index is 6.53. The lowest BCUT2D eigenvalue weighted by Crippen LogP contribution is -2.37. The molecule has 1 heterocycles. The summed E-state index contributed by atoms with van der Waals surface area (Å²) in [4.78, 5) is 4.57. The van der Waals surface area contributed by atoms with Crippen molar-refractivity contribution in [3.63, 3.8) is 0 Å². The fourth-order valence-electron chi connectivity index (χ4n) is 3.01. The normalized spacial score (nSPS) is 18.4. The number of hydrogen-bond acceptors (Lipinski definition) is 4. The minimum atomic E-state index is -0.415.